The fraction of sp³-hybridized carbons (Fsp3) is 0.300. The molecular weight excluding hydrogens is 632 g/mol. The van der Waals surface area contributed by atoms with Gasteiger partial charge in [0.25, 0.3) is 0 Å². The highest BCUT2D eigenvalue weighted by Crippen LogP contribution is 2.44. The summed E-state index contributed by atoms with van der Waals surface area (Å²) in [5.41, 5.74) is 7.50. The largest absolute Gasteiger partial charge is 0.456 e. The van der Waals surface area contributed by atoms with E-state index in [0.29, 0.717) is 16.9 Å². The fourth-order valence-corrected chi connectivity index (χ4v) is 7.06. The molecule has 250 valence electrons. The summed E-state index contributed by atoms with van der Waals surface area (Å²) < 4.78 is 17.5. The maximum atomic E-state index is 6.72. The molecule has 0 fully saturated rings. The molecule has 0 bridgehead atoms. The molecule has 49 heavy (non-hydrogen) atoms. The van der Waals surface area contributed by atoms with Gasteiger partial charge >= 0.3 is 0 Å². The molecule has 9 heteroatoms. The number of hydrogen-bond acceptors (Lipinski definition) is 6. The van der Waals surface area contributed by atoms with Crippen LogP contribution < -0.4 is 14.8 Å². The Bertz CT molecular complexity index is 2310. The number of imidazole rings is 1. The monoisotopic (exact) mass is 673 g/mol. The molecule has 0 saturated heterocycles. The van der Waals surface area contributed by atoms with Gasteiger partial charge in [-0.3, -0.25) is 0 Å². The van der Waals surface area contributed by atoms with Crippen LogP contribution in [-0.2, 0) is 6.42 Å². The first kappa shape index (κ1) is 32.6. The third-order valence-electron chi connectivity index (χ3n) is 9.47. The maximum Gasteiger partial charge on any atom is 0.248 e. The Labute approximate surface area is 291 Å². The highest BCUT2D eigenvalue weighted by atomic mass is 35.5. The lowest BCUT2D eigenvalue weighted by Gasteiger charge is -2.22. The van der Waals surface area contributed by atoms with E-state index in [0.717, 1.165) is 112 Å². The van der Waals surface area contributed by atoms with Gasteiger partial charge in [0.05, 0.1) is 11.6 Å². The molecule has 0 unspecified atom stereocenters. The van der Waals surface area contributed by atoms with Crippen molar-refractivity contribution in [2.45, 2.75) is 53.9 Å². The van der Waals surface area contributed by atoms with Gasteiger partial charge in [0.1, 0.15) is 30.3 Å². The minimum Gasteiger partial charge on any atom is -0.456 e. The number of hydrogen-bond donors (Lipinski definition) is 0. The van der Waals surface area contributed by atoms with Crippen molar-refractivity contribution < 1.29 is 8.83 Å². The van der Waals surface area contributed by atoms with Gasteiger partial charge in [0, 0.05) is 71.2 Å². The standard InChI is InChI=1S/C40H42ClN6O2/c1-6-11-16-36-42-38(41)33-23-26(21-22-47(33)36)39-43-44-40(49-39)30-15-13-12-14-29(30)37-31-19-17-27(45(7-2)8-3)24-34(31)48-35-25-28(18-20-32(35)37)46(9-4)10-5/h12-15,17-25H,6-11,16H2,1-5H3/q+1. The highest BCUT2D eigenvalue weighted by molar-refractivity contribution is 6.32. The maximum absolute atomic E-state index is 6.72. The van der Waals surface area contributed by atoms with Gasteiger partial charge in [-0.1, -0.05) is 43.1 Å². The second-order valence-electron chi connectivity index (χ2n) is 12.2. The average Bonchev–Trinajstić information content (AvgIpc) is 3.75. The molecule has 2 aromatic carbocycles. The van der Waals surface area contributed by atoms with E-state index in [9.17, 15) is 0 Å². The second-order valence-corrected chi connectivity index (χ2v) is 12.6. The van der Waals surface area contributed by atoms with Gasteiger partial charge in [-0.05, 0) is 76.1 Å². The predicted molar refractivity (Wildman–Crippen MR) is 199 cm³/mol. The second kappa shape index (κ2) is 13.9. The Kier molecular flexibility index (Phi) is 9.23. The molecule has 1 aliphatic heterocycles. The minimum absolute atomic E-state index is 0.421. The zero-order chi connectivity index (χ0) is 34.1. The lowest BCUT2D eigenvalue weighted by Crippen LogP contribution is -2.29. The molecule has 4 heterocycles. The molecular formula is C40H42ClN6O2+. The Hall–Kier alpha value is -4.95. The molecule has 5 aromatic rings. The molecule has 0 saturated carbocycles. The molecule has 7 rings (SSSR count). The van der Waals surface area contributed by atoms with E-state index in [1.165, 1.54) is 0 Å². The third-order valence-corrected chi connectivity index (χ3v) is 9.75. The molecule has 0 N–H and O–H groups in total. The lowest BCUT2D eigenvalue weighted by molar-refractivity contribution is 0.584. The zero-order valence-corrected chi connectivity index (χ0v) is 29.6. The van der Waals surface area contributed by atoms with Crippen molar-refractivity contribution in [2.75, 3.05) is 31.1 Å². The van der Waals surface area contributed by atoms with Crippen molar-refractivity contribution in [3.63, 3.8) is 0 Å². The van der Waals surface area contributed by atoms with Crippen LogP contribution in [0.3, 0.4) is 0 Å². The average molecular weight is 674 g/mol. The SMILES string of the molecule is CCCCc1nc(Cl)c2cc(-c3nnc(-c4ccccc4-c4c5ccc(=[N+](CC)CC)cc-5oc5cc(N(CC)CC)ccc45)o3)ccn12. The summed E-state index contributed by atoms with van der Waals surface area (Å²) in [5, 5.41) is 11.7. The van der Waals surface area contributed by atoms with Crippen molar-refractivity contribution in [3.05, 3.63) is 95.3 Å². The first-order valence-electron chi connectivity index (χ1n) is 17.4. The molecule has 2 aliphatic rings. The van der Waals surface area contributed by atoms with Gasteiger partial charge < -0.3 is 18.1 Å². The number of nitrogens with zero attached hydrogens (tertiary/aromatic N) is 6. The van der Waals surface area contributed by atoms with E-state index < -0.39 is 0 Å². The molecule has 0 radical (unpaired) electrons. The number of aryl methyl sites for hydroxylation is 1. The van der Waals surface area contributed by atoms with Gasteiger partial charge in [-0.2, -0.15) is 0 Å². The Balaban J connectivity index is 1.39. The quantitative estimate of drug-likeness (QED) is 0.101. The Morgan fingerprint density at radius 1 is 0.796 bits per heavy atom. The number of benzene rings is 3. The number of rotatable bonds is 11. The van der Waals surface area contributed by atoms with E-state index in [-0.39, 0.29) is 0 Å². The van der Waals surface area contributed by atoms with Crippen LogP contribution >= 0.6 is 11.6 Å². The summed E-state index contributed by atoms with van der Waals surface area (Å²) in [4.78, 5) is 6.94. The Morgan fingerprint density at radius 3 is 2.33 bits per heavy atom. The van der Waals surface area contributed by atoms with Crippen LogP contribution in [-0.4, -0.2) is 45.8 Å². The van der Waals surface area contributed by atoms with E-state index in [4.69, 9.17) is 20.4 Å². The van der Waals surface area contributed by atoms with Crippen molar-refractivity contribution >= 4 is 33.8 Å². The number of unbranched alkanes of at least 4 members (excludes halogenated alkanes) is 1. The van der Waals surface area contributed by atoms with Crippen molar-refractivity contribution in [3.8, 4) is 45.4 Å². The number of aromatic nitrogens is 4. The summed E-state index contributed by atoms with van der Waals surface area (Å²) in [5.74, 6) is 2.64. The van der Waals surface area contributed by atoms with Crippen molar-refractivity contribution in [1.29, 1.82) is 0 Å². The molecule has 8 nitrogen and oxygen atoms in total. The summed E-state index contributed by atoms with van der Waals surface area (Å²) >= 11 is 6.58. The smallest absolute Gasteiger partial charge is 0.248 e. The molecule has 0 spiro atoms. The fourth-order valence-electron chi connectivity index (χ4n) is 6.82. The lowest BCUT2D eigenvalue weighted by atomic mass is 9.90. The molecule has 0 atom stereocenters. The summed E-state index contributed by atoms with van der Waals surface area (Å²) in [6.07, 6.45) is 5.00. The number of anilines is 1. The molecule has 3 aromatic heterocycles. The third kappa shape index (κ3) is 5.99. The zero-order valence-electron chi connectivity index (χ0n) is 28.8. The van der Waals surface area contributed by atoms with Gasteiger partial charge in [0.2, 0.25) is 17.1 Å². The number of pyridine rings is 1. The van der Waals surface area contributed by atoms with Crippen LogP contribution in [0.5, 0.6) is 0 Å². The van der Waals surface area contributed by atoms with E-state index in [1.807, 2.05) is 34.9 Å². The van der Waals surface area contributed by atoms with Gasteiger partial charge in [0.15, 0.2) is 5.15 Å². The Morgan fingerprint density at radius 2 is 1.57 bits per heavy atom. The predicted octanol–water partition coefficient (Wildman–Crippen LogP) is 9.22. The minimum atomic E-state index is 0.421. The van der Waals surface area contributed by atoms with Crippen LogP contribution in [0.1, 0.15) is 53.3 Å². The van der Waals surface area contributed by atoms with E-state index >= 15 is 0 Å². The topological polar surface area (TPSA) is 75.6 Å². The highest BCUT2D eigenvalue weighted by Gasteiger charge is 2.23. The summed E-state index contributed by atoms with van der Waals surface area (Å²) in [6, 6.07) is 25.2. The number of halogens is 1. The van der Waals surface area contributed by atoms with E-state index in [2.05, 4.69) is 108 Å². The first-order valence-corrected chi connectivity index (χ1v) is 17.8. The van der Waals surface area contributed by atoms with Crippen LogP contribution in [0.15, 0.2) is 87.8 Å². The normalized spacial score (nSPS) is 11.6. The van der Waals surface area contributed by atoms with Crippen LogP contribution in [0.2, 0.25) is 5.15 Å². The first-order chi connectivity index (χ1) is 24.0. The van der Waals surface area contributed by atoms with Crippen LogP contribution in [0.4, 0.5) is 5.69 Å². The van der Waals surface area contributed by atoms with E-state index in [1.54, 1.807) is 0 Å². The van der Waals surface area contributed by atoms with Gasteiger partial charge in [-0.15, -0.1) is 10.2 Å². The summed E-state index contributed by atoms with van der Waals surface area (Å²) in [7, 11) is 0. The van der Waals surface area contributed by atoms with Crippen LogP contribution in [0.25, 0.3) is 61.8 Å². The van der Waals surface area contributed by atoms with Gasteiger partial charge in [-0.25, -0.2) is 9.56 Å². The summed E-state index contributed by atoms with van der Waals surface area (Å²) in [6.45, 7) is 14.5. The van der Waals surface area contributed by atoms with Crippen LogP contribution in [0, 0.1) is 0 Å². The van der Waals surface area contributed by atoms with Crippen molar-refractivity contribution in [1.82, 2.24) is 24.2 Å². The van der Waals surface area contributed by atoms with Crippen molar-refractivity contribution in [2.24, 2.45) is 0 Å². The number of fused-ring (bicyclic) bond motifs is 3. The molecule has 1 aliphatic carbocycles. The molecule has 0 amide bonds.